The summed E-state index contributed by atoms with van der Waals surface area (Å²) in [6, 6.07) is 5.83. The summed E-state index contributed by atoms with van der Waals surface area (Å²) < 4.78 is 5.36. The quantitative estimate of drug-likeness (QED) is 0.791. The maximum atomic E-state index is 9.02. The molecule has 1 aromatic heterocycles. The minimum atomic E-state index is 0.149. The Hall–Kier alpha value is -1.35. The van der Waals surface area contributed by atoms with E-state index < -0.39 is 0 Å². The second-order valence-electron chi connectivity index (χ2n) is 3.54. The van der Waals surface area contributed by atoms with Crippen LogP contribution in [0.5, 0.6) is 0 Å². The average molecular weight is 191 g/mol. The third-order valence-corrected chi connectivity index (χ3v) is 2.36. The fourth-order valence-electron chi connectivity index (χ4n) is 1.47. The molecule has 2 aromatic rings. The van der Waals surface area contributed by atoms with Crippen molar-refractivity contribution in [3.05, 3.63) is 29.7 Å². The highest BCUT2D eigenvalue weighted by Gasteiger charge is 2.07. The van der Waals surface area contributed by atoms with Gasteiger partial charge in [0.1, 0.15) is 5.52 Å². The molecule has 2 rings (SSSR count). The van der Waals surface area contributed by atoms with E-state index in [1.54, 1.807) is 0 Å². The number of rotatable bonds is 2. The van der Waals surface area contributed by atoms with Crippen LogP contribution in [0.4, 0.5) is 0 Å². The zero-order valence-corrected chi connectivity index (χ0v) is 8.32. The first-order valence-corrected chi connectivity index (χ1v) is 4.68. The standard InChI is InChI=1S/C11H13NO2/c1-7(6-13)9-3-4-11-10(5-9)12-8(2)14-11/h3-5,7,13H,6H2,1-2H3. The van der Waals surface area contributed by atoms with E-state index in [4.69, 9.17) is 9.52 Å². The SMILES string of the molecule is Cc1nc2cc(C(C)CO)ccc2o1. The topological polar surface area (TPSA) is 46.3 Å². The number of oxazole rings is 1. The number of benzene rings is 1. The third kappa shape index (κ3) is 1.51. The molecule has 0 bridgehead atoms. The van der Waals surface area contributed by atoms with E-state index in [-0.39, 0.29) is 12.5 Å². The molecular formula is C11H13NO2. The Morgan fingerprint density at radius 2 is 2.29 bits per heavy atom. The van der Waals surface area contributed by atoms with E-state index in [0.717, 1.165) is 16.7 Å². The molecule has 0 amide bonds. The minimum absolute atomic E-state index is 0.149. The normalized spacial score (nSPS) is 13.4. The minimum Gasteiger partial charge on any atom is -0.441 e. The molecule has 14 heavy (non-hydrogen) atoms. The molecule has 3 nitrogen and oxygen atoms in total. The van der Waals surface area contributed by atoms with Crippen LogP contribution in [0.1, 0.15) is 24.3 Å². The first-order valence-electron chi connectivity index (χ1n) is 4.68. The van der Waals surface area contributed by atoms with Crippen LogP contribution >= 0.6 is 0 Å². The predicted octanol–water partition coefficient (Wildman–Crippen LogP) is 2.23. The maximum Gasteiger partial charge on any atom is 0.192 e. The van der Waals surface area contributed by atoms with Gasteiger partial charge in [0.25, 0.3) is 0 Å². The summed E-state index contributed by atoms with van der Waals surface area (Å²) in [5.74, 6) is 0.824. The van der Waals surface area contributed by atoms with Crippen LogP contribution in [0.2, 0.25) is 0 Å². The Morgan fingerprint density at radius 3 is 3.00 bits per heavy atom. The second kappa shape index (κ2) is 3.42. The molecule has 0 radical (unpaired) electrons. The monoisotopic (exact) mass is 191 g/mol. The first kappa shape index (κ1) is 9.21. The van der Waals surface area contributed by atoms with Gasteiger partial charge in [-0.1, -0.05) is 13.0 Å². The van der Waals surface area contributed by atoms with Gasteiger partial charge in [0.2, 0.25) is 0 Å². The van der Waals surface area contributed by atoms with Crippen LogP contribution in [0, 0.1) is 6.92 Å². The number of aromatic nitrogens is 1. The van der Waals surface area contributed by atoms with Gasteiger partial charge < -0.3 is 9.52 Å². The molecule has 0 spiro atoms. The summed E-state index contributed by atoms with van der Waals surface area (Å²) in [5.41, 5.74) is 2.75. The van der Waals surface area contributed by atoms with Gasteiger partial charge in [-0.05, 0) is 17.7 Å². The van der Waals surface area contributed by atoms with Crippen molar-refractivity contribution < 1.29 is 9.52 Å². The highest BCUT2D eigenvalue weighted by Crippen LogP contribution is 2.21. The summed E-state index contributed by atoms with van der Waals surface area (Å²) >= 11 is 0. The van der Waals surface area contributed by atoms with E-state index in [9.17, 15) is 0 Å². The smallest absolute Gasteiger partial charge is 0.192 e. The van der Waals surface area contributed by atoms with Crippen molar-refractivity contribution in [3.63, 3.8) is 0 Å². The van der Waals surface area contributed by atoms with Gasteiger partial charge in [0.15, 0.2) is 11.5 Å². The molecular weight excluding hydrogens is 178 g/mol. The zero-order valence-electron chi connectivity index (χ0n) is 8.32. The van der Waals surface area contributed by atoms with E-state index in [0.29, 0.717) is 5.89 Å². The van der Waals surface area contributed by atoms with Crippen LogP contribution in [-0.4, -0.2) is 16.7 Å². The molecule has 1 N–H and O–H groups in total. The first-order chi connectivity index (χ1) is 6.70. The molecule has 0 saturated heterocycles. The fourth-order valence-corrected chi connectivity index (χ4v) is 1.47. The second-order valence-corrected chi connectivity index (χ2v) is 3.54. The average Bonchev–Trinajstić information content (AvgIpc) is 2.55. The van der Waals surface area contributed by atoms with Crippen molar-refractivity contribution >= 4 is 11.1 Å². The van der Waals surface area contributed by atoms with Gasteiger partial charge in [0, 0.05) is 19.4 Å². The Bertz CT molecular complexity index is 447. The van der Waals surface area contributed by atoms with E-state index in [1.165, 1.54) is 0 Å². The van der Waals surface area contributed by atoms with Crippen LogP contribution in [0.15, 0.2) is 22.6 Å². The molecule has 0 aliphatic rings. The number of hydrogen-bond donors (Lipinski definition) is 1. The van der Waals surface area contributed by atoms with Crippen molar-refractivity contribution in [1.82, 2.24) is 4.98 Å². The van der Waals surface area contributed by atoms with Gasteiger partial charge in [-0.25, -0.2) is 4.98 Å². The van der Waals surface area contributed by atoms with Crippen LogP contribution in [-0.2, 0) is 0 Å². The van der Waals surface area contributed by atoms with Gasteiger partial charge >= 0.3 is 0 Å². The zero-order chi connectivity index (χ0) is 10.1. The number of hydrogen-bond acceptors (Lipinski definition) is 3. The summed E-state index contributed by atoms with van der Waals surface area (Å²) in [6.07, 6.45) is 0. The molecule has 0 fully saturated rings. The molecule has 1 aromatic carbocycles. The number of aryl methyl sites for hydroxylation is 1. The van der Waals surface area contributed by atoms with E-state index in [1.807, 2.05) is 32.0 Å². The largest absolute Gasteiger partial charge is 0.441 e. The number of fused-ring (bicyclic) bond motifs is 1. The Kier molecular flexibility index (Phi) is 2.25. The summed E-state index contributed by atoms with van der Waals surface area (Å²) in [7, 11) is 0. The van der Waals surface area contributed by atoms with Crippen molar-refractivity contribution in [2.45, 2.75) is 19.8 Å². The summed E-state index contributed by atoms with van der Waals surface area (Å²) in [4.78, 5) is 4.24. The molecule has 1 atom stereocenters. The lowest BCUT2D eigenvalue weighted by Crippen LogP contribution is -1.98. The third-order valence-electron chi connectivity index (χ3n) is 2.36. The van der Waals surface area contributed by atoms with Crippen molar-refractivity contribution in [1.29, 1.82) is 0 Å². The molecule has 74 valence electrons. The molecule has 0 aliphatic carbocycles. The lowest BCUT2D eigenvalue weighted by atomic mass is 10.0. The van der Waals surface area contributed by atoms with Crippen LogP contribution in [0.3, 0.4) is 0 Å². The van der Waals surface area contributed by atoms with E-state index in [2.05, 4.69) is 4.98 Å². The highest BCUT2D eigenvalue weighted by atomic mass is 16.3. The number of nitrogens with zero attached hydrogens (tertiary/aromatic N) is 1. The predicted molar refractivity (Wildman–Crippen MR) is 54.2 cm³/mol. The van der Waals surface area contributed by atoms with Crippen molar-refractivity contribution in [2.24, 2.45) is 0 Å². The van der Waals surface area contributed by atoms with Gasteiger partial charge in [-0.15, -0.1) is 0 Å². The number of aliphatic hydroxyl groups excluding tert-OH is 1. The van der Waals surface area contributed by atoms with Gasteiger partial charge in [-0.2, -0.15) is 0 Å². The maximum absolute atomic E-state index is 9.02. The summed E-state index contributed by atoms with van der Waals surface area (Å²) in [6.45, 7) is 3.96. The molecule has 0 aliphatic heterocycles. The Labute approximate surface area is 82.4 Å². The number of aliphatic hydroxyl groups is 1. The lowest BCUT2D eigenvalue weighted by molar-refractivity contribution is 0.273. The van der Waals surface area contributed by atoms with Crippen molar-refractivity contribution in [2.75, 3.05) is 6.61 Å². The lowest BCUT2D eigenvalue weighted by Gasteiger charge is -2.06. The fraction of sp³-hybridized carbons (Fsp3) is 0.364. The molecule has 1 unspecified atom stereocenters. The van der Waals surface area contributed by atoms with Crippen LogP contribution < -0.4 is 0 Å². The molecule has 1 heterocycles. The Morgan fingerprint density at radius 1 is 1.50 bits per heavy atom. The molecule has 3 heteroatoms. The van der Waals surface area contributed by atoms with Crippen molar-refractivity contribution in [3.8, 4) is 0 Å². The Balaban J connectivity index is 2.50. The van der Waals surface area contributed by atoms with Gasteiger partial charge in [-0.3, -0.25) is 0 Å². The van der Waals surface area contributed by atoms with Crippen LogP contribution in [0.25, 0.3) is 11.1 Å². The van der Waals surface area contributed by atoms with E-state index >= 15 is 0 Å². The summed E-state index contributed by atoms with van der Waals surface area (Å²) in [5, 5.41) is 9.02. The highest BCUT2D eigenvalue weighted by molar-refractivity contribution is 5.73. The molecule has 0 saturated carbocycles. The van der Waals surface area contributed by atoms with Gasteiger partial charge in [0.05, 0.1) is 0 Å².